The van der Waals surface area contributed by atoms with Gasteiger partial charge in [0, 0.05) is 6.92 Å². The second-order valence-corrected chi connectivity index (χ2v) is 4.14. The van der Waals surface area contributed by atoms with E-state index in [-0.39, 0.29) is 5.70 Å². The number of benzene rings is 1. The van der Waals surface area contributed by atoms with Crippen LogP contribution in [-0.4, -0.2) is 30.4 Å². The molecule has 0 unspecified atom stereocenters. The van der Waals surface area contributed by atoms with Crippen LogP contribution in [0.3, 0.4) is 0 Å². The van der Waals surface area contributed by atoms with Gasteiger partial charge >= 0.3 is 12.0 Å². The SMILES string of the molecule is CC(=O)N/C(=C\c1ccccc1)C(=O)OCC(=O)NC(N)=O. The molecule has 0 fully saturated rings. The molecule has 8 heteroatoms. The van der Waals surface area contributed by atoms with Crippen molar-refractivity contribution >= 4 is 29.9 Å². The lowest BCUT2D eigenvalue weighted by Gasteiger charge is -2.08. The van der Waals surface area contributed by atoms with Crippen LogP contribution in [-0.2, 0) is 19.1 Å². The third-order valence-electron chi connectivity index (χ3n) is 2.24. The highest BCUT2D eigenvalue weighted by Crippen LogP contribution is 2.06. The van der Waals surface area contributed by atoms with Crippen molar-refractivity contribution in [3.05, 3.63) is 41.6 Å². The Kier molecular flexibility index (Phi) is 6.30. The van der Waals surface area contributed by atoms with Gasteiger partial charge in [-0.3, -0.25) is 14.9 Å². The topological polar surface area (TPSA) is 128 Å². The van der Waals surface area contributed by atoms with Gasteiger partial charge < -0.3 is 15.8 Å². The summed E-state index contributed by atoms with van der Waals surface area (Å²) in [6.07, 6.45) is 1.40. The van der Waals surface area contributed by atoms with Gasteiger partial charge in [-0.1, -0.05) is 30.3 Å². The van der Waals surface area contributed by atoms with Gasteiger partial charge in [0.25, 0.3) is 5.91 Å². The minimum absolute atomic E-state index is 0.134. The summed E-state index contributed by atoms with van der Waals surface area (Å²) in [5.41, 5.74) is 5.27. The molecule has 1 rings (SSSR count). The Morgan fingerprint density at radius 2 is 1.77 bits per heavy atom. The van der Waals surface area contributed by atoms with E-state index >= 15 is 0 Å². The Balaban J connectivity index is 2.77. The molecule has 0 bridgehead atoms. The normalized spacial score (nSPS) is 10.5. The van der Waals surface area contributed by atoms with Crippen molar-refractivity contribution in [3.63, 3.8) is 0 Å². The van der Waals surface area contributed by atoms with Crippen molar-refractivity contribution < 1.29 is 23.9 Å². The summed E-state index contributed by atoms with van der Waals surface area (Å²) in [5.74, 6) is -2.26. The number of esters is 1. The smallest absolute Gasteiger partial charge is 0.355 e. The van der Waals surface area contributed by atoms with Crippen LogP contribution in [0.25, 0.3) is 6.08 Å². The largest absolute Gasteiger partial charge is 0.451 e. The predicted octanol–water partition coefficient (Wildman–Crippen LogP) is -0.0983. The van der Waals surface area contributed by atoms with Crippen LogP contribution in [0.15, 0.2) is 36.0 Å². The molecule has 0 aliphatic rings. The molecule has 8 nitrogen and oxygen atoms in total. The van der Waals surface area contributed by atoms with E-state index in [2.05, 4.69) is 5.32 Å². The minimum Gasteiger partial charge on any atom is -0.451 e. The molecule has 0 atom stereocenters. The van der Waals surface area contributed by atoms with E-state index in [4.69, 9.17) is 10.5 Å². The molecule has 22 heavy (non-hydrogen) atoms. The molecule has 0 aliphatic heterocycles. The number of amides is 4. The van der Waals surface area contributed by atoms with Gasteiger partial charge in [0.15, 0.2) is 6.61 Å². The van der Waals surface area contributed by atoms with E-state index in [0.717, 1.165) is 0 Å². The fourth-order valence-electron chi connectivity index (χ4n) is 1.43. The molecule has 0 aromatic heterocycles. The number of carbonyl (C=O) groups is 4. The number of hydrogen-bond acceptors (Lipinski definition) is 5. The molecule has 1 aromatic rings. The lowest BCUT2D eigenvalue weighted by molar-refractivity contribution is -0.145. The van der Waals surface area contributed by atoms with Crippen molar-refractivity contribution in [2.24, 2.45) is 5.73 Å². The number of nitrogens with one attached hydrogen (secondary N) is 2. The first-order valence-electron chi connectivity index (χ1n) is 6.19. The predicted molar refractivity (Wildman–Crippen MR) is 76.9 cm³/mol. The van der Waals surface area contributed by atoms with Crippen LogP contribution < -0.4 is 16.4 Å². The summed E-state index contributed by atoms with van der Waals surface area (Å²) in [5, 5.41) is 4.06. The van der Waals surface area contributed by atoms with Gasteiger partial charge in [-0.25, -0.2) is 9.59 Å². The lowest BCUT2D eigenvalue weighted by atomic mass is 10.2. The first-order valence-corrected chi connectivity index (χ1v) is 6.19. The molecule has 4 amide bonds. The Hall–Kier alpha value is -3.16. The van der Waals surface area contributed by atoms with Gasteiger partial charge in [0.05, 0.1) is 0 Å². The van der Waals surface area contributed by atoms with Crippen molar-refractivity contribution in [2.75, 3.05) is 6.61 Å². The quantitative estimate of drug-likeness (QED) is 0.517. The fraction of sp³-hybridized carbons (Fsp3) is 0.143. The van der Waals surface area contributed by atoms with Gasteiger partial charge in [0.2, 0.25) is 5.91 Å². The lowest BCUT2D eigenvalue weighted by Crippen LogP contribution is -2.38. The van der Waals surface area contributed by atoms with Crippen molar-refractivity contribution in [2.45, 2.75) is 6.92 Å². The van der Waals surface area contributed by atoms with Gasteiger partial charge in [-0.2, -0.15) is 0 Å². The molecule has 0 saturated heterocycles. The van der Waals surface area contributed by atoms with Crippen LogP contribution in [0.1, 0.15) is 12.5 Å². The maximum atomic E-state index is 11.9. The van der Waals surface area contributed by atoms with Crippen LogP contribution in [0.2, 0.25) is 0 Å². The van der Waals surface area contributed by atoms with E-state index < -0.39 is 30.4 Å². The number of hydrogen-bond donors (Lipinski definition) is 3. The number of urea groups is 1. The summed E-state index contributed by atoms with van der Waals surface area (Å²) < 4.78 is 4.70. The summed E-state index contributed by atoms with van der Waals surface area (Å²) in [4.78, 5) is 44.6. The molecule has 0 saturated carbocycles. The zero-order chi connectivity index (χ0) is 16.5. The van der Waals surface area contributed by atoms with Gasteiger partial charge in [-0.15, -0.1) is 0 Å². The van der Waals surface area contributed by atoms with Crippen molar-refractivity contribution in [1.29, 1.82) is 0 Å². The van der Waals surface area contributed by atoms with E-state index in [9.17, 15) is 19.2 Å². The zero-order valence-electron chi connectivity index (χ0n) is 11.8. The summed E-state index contributed by atoms with van der Waals surface area (Å²) in [6, 6.07) is 7.68. The number of imide groups is 1. The van der Waals surface area contributed by atoms with Crippen molar-refractivity contribution in [3.8, 4) is 0 Å². The van der Waals surface area contributed by atoms with E-state index in [0.29, 0.717) is 5.56 Å². The Bertz CT molecular complexity index is 610. The van der Waals surface area contributed by atoms with Crippen LogP contribution in [0.4, 0.5) is 4.79 Å². The molecular weight excluding hydrogens is 290 g/mol. The number of nitrogens with two attached hydrogens (primary N) is 1. The van der Waals surface area contributed by atoms with E-state index in [1.165, 1.54) is 13.0 Å². The Labute approximate surface area is 126 Å². The third kappa shape index (κ3) is 6.33. The molecule has 4 N–H and O–H groups in total. The van der Waals surface area contributed by atoms with Crippen LogP contribution in [0, 0.1) is 0 Å². The number of ether oxygens (including phenoxy) is 1. The van der Waals surface area contributed by atoms with Crippen LogP contribution in [0.5, 0.6) is 0 Å². The molecular formula is C14H15N3O5. The average molecular weight is 305 g/mol. The second kappa shape index (κ2) is 8.20. The first-order chi connectivity index (χ1) is 10.4. The van der Waals surface area contributed by atoms with E-state index in [1.807, 2.05) is 0 Å². The molecule has 0 radical (unpaired) electrons. The van der Waals surface area contributed by atoms with E-state index in [1.54, 1.807) is 35.6 Å². The summed E-state index contributed by atoms with van der Waals surface area (Å²) >= 11 is 0. The first kappa shape index (κ1) is 16.9. The number of primary amides is 1. The molecule has 0 aliphatic carbocycles. The Morgan fingerprint density at radius 1 is 1.14 bits per heavy atom. The molecule has 0 heterocycles. The highest BCUT2D eigenvalue weighted by atomic mass is 16.5. The molecule has 0 spiro atoms. The standard InChI is InChI=1S/C14H15N3O5/c1-9(18)16-11(7-10-5-3-2-4-6-10)13(20)22-8-12(19)17-14(15)21/h2-7H,8H2,1H3,(H,16,18)(H3,15,17,19,21)/b11-7-. The summed E-state index contributed by atoms with van der Waals surface area (Å²) in [7, 11) is 0. The minimum atomic E-state index is -1.05. The zero-order valence-corrected chi connectivity index (χ0v) is 11.8. The highest BCUT2D eigenvalue weighted by Gasteiger charge is 2.15. The van der Waals surface area contributed by atoms with Gasteiger partial charge in [-0.05, 0) is 11.6 Å². The second-order valence-electron chi connectivity index (χ2n) is 4.14. The third-order valence-corrected chi connectivity index (χ3v) is 2.24. The molecule has 1 aromatic carbocycles. The number of carbonyl (C=O) groups excluding carboxylic acids is 4. The Morgan fingerprint density at radius 3 is 2.32 bits per heavy atom. The maximum Gasteiger partial charge on any atom is 0.355 e. The maximum absolute atomic E-state index is 11.9. The monoisotopic (exact) mass is 305 g/mol. The average Bonchev–Trinajstić information content (AvgIpc) is 2.44. The number of rotatable bonds is 5. The van der Waals surface area contributed by atoms with Crippen molar-refractivity contribution in [1.82, 2.24) is 10.6 Å². The van der Waals surface area contributed by atoms with Crippen LogP contribution >= 0.6 is 0 Å². The molecule has 116 valence electrons. The fourth-order valence-corrected chi connectivity index (χ4v) is 1.43. The highest BCUT2D eigenvalue weighted by molar-refractivity contribution is 5.99. The summed E-state index contributed by atoms with van der Waals surface area (Å²) in [6.45, 7) is 0.527. The van der Waals surface area contributed by atoms with Gasteiger partial charge in [0.1, 0.15) is 5.70 Å².